The number of hydrogen-bond donors (Lipinski definition) is 0. The van der Waals surface area contributed by atoms with Gasteiger partial charge in [-0.1, -0.05) is 11.6 Å². The van der Waals surface area contributed by atoms with E-state index in [2.05, 4.69) is 0 Å². The summed E-state index contributed by atoms with van der Waals surface area (Å²) in [5.41, 5.74) is 3.40. The molecule has 1 heterocycles. The molecule has 0 fully saturated rings. The summed E-state index contributed by atoms with van der Waals surface area (Å²) >= 11 is 0. The molecule has 3 rings (SSSR count). The molecule has 0 atom stereocenters. The van der Waals surface area contributed by atoms with Crippen LogP contribution in [0.4, 0.5) is 5.69 Å². The Morgan fingerprint density at radius 2 is 1.86 bits per heavy atom. The lowest BCUT2D eigenvalue weighted by atomic mass is 10.0. The molecule has 0 amide bonds. The van der Waals surface area contributed by atoms with Crippen LogP contribution in [-0.4, -0.2) is 22.1 Å². The zero-order valence-corrected chi connectivity index (χ0v) is 13.1. The molecule has 0 N–H and O–H groups in total. The number of ether oxygens (including phenoxy) is 1. The molecule has 2 aromatic carbocycles. The smallest absolute Gasteiger partial charge is 0.264 e. The Labute approximate surface area is 125 Å². The number of anilines is 1. The van der Waals surface area contributed by atoms with Gasteiger partial charge in [-0.2, -0.15) is 0 Å². The van der Waals surface area contributed by atoms with Crippen molar-refractivity contribution in [1.82, 2.24) is 0 Å². The molecule has 0 aromatic heterocycles. The van der Waals surface area contributed by atoms with E-state index < -0.39 is 10.0 Å². The van der Waals surface area contributed by atoms with Gasteiger partial charge in [0.1, 0.15) is 5.75 Å². The average Bonchev–Trinajstić information content (AvgIpc) is 2.46. The first-order valence-corrected chi connectivity index (χ1v) is 8.25. The number of benzene rings is 2. The van der Waals surface area contributed by atoms with Crippen LogP contribution in [0, 0.1) is 6.92 Å². The van der Waals surface area contributed by atoms with Crippen LogP contribution < -0.4 is 9.04 Å². The van der Waals surface area contributed by atoms with Gasteiger partial charge >= 0.3 is 0 Å². The fraction of sp³-hybridized carbons (Fsp3) is 0.250. The minimum absolute atomic E-state index is 0.368. The average molecular weight is 303 g/mol. The molecule has 1 aliphatic rings. The molecule has 1 aliphatic heterocycles. The van der Waals surface area contributed by atoms with Crippen LogP contribution >= 0.6 is 0 Å². The second-order valence-corrected chi connectivity index (χ2v) is 6.88. The largest absolute Gasteiger partial charge is 0.497 e. The minimum atomic E-state index is -3.51. The Balaban J connectivity index is 2.39. The van der Waals surface area contributed by atoms with Crippen molar-refractivity contribution in [3.8, 4) is 16.9 Å². The second kappa shape index (κ2) is 4.77. The number of hydrogen-bond acceptors (Lipinski definition) is 3. The van der Waals surface area contributed by atoms with Crippen molar-refractivity contribution < 1.29 is 13.2 Å². The van der Waals surface area contributed by atoms with E-state index in [9.17, 15) is 8.42 Å². The van der Waals surface area contributed by atoms with Crippen LogP contribution in [0.1, 0.15) is 12.5 Å². The van der Waals surface area contributed by atoms with Crippen molar-refractivity contribution in [2.45, 2.75) is 18.7 Å². The molecular weight excluding hydrogens is 286 g/mol. The van der Waals surface area contributed by atoms with Crippen LogP contribution in [-0.2, 0) is 10.0 Å². The summed E-state index contributed by atoms with van der Waals surface area (Å²) < 4.78 is 32.3. The lowest BCUT2D eigenvalue weighted by Gasteiger charge is -2.31. The molecule has 0 saturated carbocycles. The highest BCUT2D eigenvalue weighted by atomic mass is 32.2. The van der Waals surface area contributed by atoms with Gasteiger partial charge in [0.2, 0.25) is 0 Å². The van der Waals surface area contributed by atoms with E-state index in [1.807, 2.05) is 38.1 Å². The van der Waals surface area contributed by atoms with Gasteiger partial charge < -0.3 is 4.74 Å². The van der Waals surface area contributed by atoms with E-state index in [0.29, 0.717) is 22.9 Å². The molecule has 4 nitrogen and oxygen atoms in total. The molecule has 0 saturated heterocycles. The number of rotatable bonds is 2. The van der Waals surface area contributed by atoms with Crippen molar-refractivity contribution in [3.63, 3.8) is 0 Å². The number of methoxy groups -OCH3 is 1. The molecule has 21 heavy (non-hydrogen) atoms. The molecular formula is C16H17NO3S. The Kier molecular flexibility index (Phi) is 3.17. The molecule has 0 aliphatic carbocycles. The highest BCUT2D eigenvalue weighted by molar-refractivity contribution is 7.93. The van der Waals surface area contributed by atoms with Crippen LogP contribution in [0.25, 0.3) is 11.1 Å². The molecule has 0 unspecified atom stereocenters. The third kappa shape index (κ3) is 2.00. The highest BCUT2D eigenvalue weighted by Crippen LogP contribution is 2.44. The molecule has 0 radical (unpaired) electrons. The van der Waals surface area contributed by atoms with Gasteiger partial charge in [-0.05, 0) is 38.1 Å². The maximum absolute atomic E-state index is 12.8. The lowest BCUT2D eigenvalue weighted by molar-refractivity contribution is 0.415. The van der Waals surface area contributed by atoms with Gasteiger partial charge in [-0.3, -0.25) is 4.31 Å². The molecule has 0 bridgehead atoms. The number of sulfonamides is 1. The normalized spacial score (nSPS) is 15.3. The zero-order valence-electron chi connectivity index (χ0n) is 12.3. The third-order valence-electron chi connectivity index (χ3n) is 3.75. The Bertz CT molecular complexity index is 812. The molecule has 0 spiro atoms. The maximum atomic E-state index is 12.8. The van der Waals surface area contributed by atoms with Gasteiger partial charge in [-0.15, -0.1) is 0 Å². The highest BCUT2D eigenvalue weighted by Gasteiger charge is 2.34. The fourth-order valence-electron chi connectivity index (χ4n) is 2.74. The summed E-state index contributed by atoms with van der Waals surface area (Å²) in [5.74, 6) is 0.651. The van der Waals surface area contributed by atoms with E-state index in [-0.39, 0.29) is 0 Å². The van der Waals surface area contributed by atoms with E-state index in [1.165, 1.54) is 4.31 Å². The monoisotopic (exact) mass is 303 g/mol. The Hall–Kier alpha value is -2.01. The minimum Gasteiger partial charge on any atom is -0.497 e. The SMILES string of the molecule is CCN1c2cc(OC)ccc2-c2cc(C)ccc2S1(=O)=O. The molecule has 2 aromatic rings. The summed E-state index contributed by atoms with van der Waals surface area (Å²) in [4.78, 5) is 0.368. The van der Waals surface area contributed by atoms with Crippen LogP contribution in [0.15, 0.2) is 41.3 Å². The summed E-state index contributed by atoms with van der Waals surface area (Å²) in [6.07, 6.45) is 0. The van der Waals surface area contributed by atoms with E-state index in [0.717, 1.165) is 16.7 Å². The van der Waals surface area contributed by atoms with Gasteiger partial charge in [-0.25, -0.2) is 8.42 Å². The first kappa shape index (κ1) is 13.9. The van der Waals surface area contributed by atoms with Crippen molar-refractivity contribution in [2.24, 2.45) is 0 Å². The van der Waals surface area contributed by atoms with Crippen LogP contribution in [0.5, 0.6) is 5.75 Å². The predicted molar refractivity (Wildman–Crippen MR) is 83.4 cm³/mol. The third-order valence-corrected chi connectivity index (χ3v) is 5.70. The molecule has 110 valence electrons. The summed E-state index contributed by atoms with van der Waals surface area (Å²) in [6, 6.07) is 11.0. The Morgan fingerprint density at radius 3 is 2.52 bits per heavy atom. The zero-order chi connectivity index (χ0) is 15.2. The topological polar surface area (TPSA) is 46.6 Å². The fourth-order valence-corrected chi connectivity index (χ4v) is 4.41. The van der Waals surface area contributed by atoms with Crippen LogP contribution in [0.2, 0.25) is 0 Å². The van der Waals surface area contributed by atoms with Crippen molar-refractivity contribution in [3.05, 3.63) is 42.0 Å². The lowest BCUT2D eigenvalue weighted by Crippen LogP contribution is -2.34. The molecule has 5 heteroatoms. The van der Waals surface area contributed by atoms with E-state index >= 15 is 0 Å². The first-order chi connectivity index (χ1) is 9.98. The van der Waals surface area contributed by atoms with Gasteiger partial charge in [0.25, 0.3) is 10.0 Å². The first-order valence-electron chi connectivity index (χ1n) is 6.81. The van der Waals surface area contributed by atoms with Crippen LogP contribution in [0.3, 0.4) is 0 Å². The maximum Gasteiger partial charge on any atom is 0.264 e. The van der Waals surface area contributed by atoms with Gasteiger partial charge in [0, 0.05) is 23.7 Å². The summed E-state index contributed by atoms with van der Waals surface area (Å²) in [6.45, 7) is 4.18. The Morgan fingerprint density at radius 1 is 1.10 bits per heavy atom. The van der Waals surface area contributed by atoms with E-state index in [4.69, 9.17) is 4.74 Å². The van der Waals surface area contributed by atoms with Crippen molar-refractivity contribution in [1.29, 1.82) is 0 Å². The van der Waals surface area contributed by atoms with Crippen molar-refractivity contribution >= 4 is 15.7 Å². The van der Waals surface area contributed by atoms with Gasteiger partial charge in [0.15, 0.2) is 0 Å². The van der Waals surface area contributed by atoms with Gasteiger partial charge in [0.05, 0.1) is 17.7 Å². The van der Waals surface area contributed by atoms with E-state index in [1.54, 1.807) is 19.2 Å². The quantitative estimate of drug-likeness (QED) is 0.856. The number of nitrogens with zero attached hydrogens (tertiary/aromatic N) is 1. The summed E-state index contributed by atoms with van der Waals surface area (Å²) in [7, 11) is -1.93. The van der Waals surface area contributed by atoms with Crippen molar-refractivity contribution in [2.75, 3.05) is 18.0 Å². The predicted octanol–water partition coefficient (Wildman–Crippen LogP) is 3.20. The number of fused-ring (bicyclic) bond motifs is 3. The number of aryl methyl sites for hydroxylation is 1. The summed E-state index contributed by atoms with van der Waals surface area (Å²) in [5, 5.41) is 0. The second-order valence-electron chi connectivity index (χ2n) is 5.05. The standard InChI is InChI=1S/C16H17NO3S/c1-4-17-15-10-12(20-3)6-7-13(15)14-9-11(2)5-8-16(14)21(17,18)19/h5-10H,4H2,1-3H3.